The van der Waals surface area contributed by atoms with Crippen molar-refractivity contribution in [1.29, 1.82) is 0 Å². The molecule has 0 aliphatic carbocycles. The molecule has 0 heterocycles. The highest BCUT2D eigenvalue weighted by Gasteiger charge is 2.10. The minimum absolute atomic E-state index is 0. The number of unbranched alkanes of at least 4 members (excludes halogenated alkanes) is 7. The molecule has 4 heteroatoms. The van der Waals surface area contributed by atoms with Gasteiger partial charge in [0.25, 0.3) is 0 Å². The Morgan fingerprint density at radius 1 is 0.824 bits per heavy atom. The van der Waals surface area contributed by atoms with Crippen molar-refractivity contribution >= 4 is 12.6 Å². The van der Waals surface area contributed by atoms with Gasteiger partial charge in [0.15, 0.2) is 0 Å². The Morgan fingerprint density at radius 2 is 1.24 bits per heavy atom. The van der Waals surface area contributed by atoms with E-state index < -0.39 is 0 Å². The van der Waals surface area contributed by atoms with Gasteiger partial charge < -0.3 is 21.5 Å². The van der Waals surface area contributed by atoms with E-state index in [1.165, 1.54) is 57.9 Å². The summed E-state index contributed by atoms with van der Waals surface area (Å²) in [6.07, 6.45) is 10.9. The number of hydrogen-bond acceptors (Lipinski definition) is 2. The molecule has 0 spiro atoms. The number of nitrogens with zero attached hydrogens (tertiary/aromatic N) is 1. The Morgan fingerprint density at radius 3 is 1.65 bits per heavy atom. The minimum Gasteiger partial charge on any atom is -1.00 e. The summed E-state index contributed by atoms with van der Waals surface area (Å²) in [7, 11) is 4.41. The monoisotopic (exact) mass is 326 g/mol. The minimum atomic E-state index is 0. The SMILES string of the molecule is C[N+](C)(CN)CCCCCCCCCCS.[Br-]. The molecule has 0 unspecified atom stereocenters. The Bertz CT molecular complexity index is 154. The van der Waals surface area contributed by atoms with Crippen LogP contribution in [0.1, 0.15) is 51.4 Å². The molecule has 0 aromatic carbocycles. The van der Waals surface area contributed by atoms with Gasteiger partial charge in [0, 0.05) is 0 Å². The van der Waals surface area contributed by atoms with Crippen molar-refractivity contribution in [2.24, 2.45) is 5.73 Å². The lowest BCUT2D eigenvalue weighted by atomic mass is 10.1. The Labute approximate surface area is 124 Å². The Hall–Kier alpha value is 0.750. The van der Waals surface area contributed by atoms with Crippen LogP contribution in [0.15, 0.2) is 0 Å². The molecule has 106 valence electrons. The summed E-state index contributed by atoms with van der Waals surface area (Å²) in [5.41, 5.74) is 5.68. The van der Waals surface area contributed by atoms with Crippen molar-refractivity contribution in [3.8, 4) is 0 Å². The molecule has 0 aliphatic heterocycles. The highest BCUT2D eigenvalue weighted by Crippen LogP contribution is 2.10. The average Bonchev–Trinajstić information content (AvgIpc) is 2.27. The molecule has 0 aromatic rings. The lowest BCUT2D eigenvalue weighted by Crippen LogP contribution is -3.00. The van der Waals surface area contributed by atoms with Gasteiger partial charge in [-0.2, -0.15) is 12.6 Å². The lowest BCUT2D eigenvalue weighted by Gasteiger charge is -2.27. The number of thiol groups is 1. The topological polar surface area (TPSA) is 26.0 Å². The van der Waals surface area contributed by atoms with Gasteiger partial charge in [-0.05, 0) is 25.0 Å². The van der Waals surface area contributed by atoms with Crippen LogP contribution >= 0.6 is 12.6 Å². The van der Waals surface area contributed by atoms with Gasteiger partial charge in [-0.1, -0.05) is 32.1 Å². The van der Waals surface area contributed by atoms with Gasteiger partial charge in [0.1, 0.15) is 6.67 Å². The Balaban J connectivity index is 0. The van der Waals surface area contributed by atoms with Crippen LogP contribution in [-0.4, -0.2) is 37.5 Å². The summed E-state index contributed by atoms with van der Waals surface area (Å²) < 4.78 is 0.960. The summed E-state index contributed by atoms with van der Waals surface area (Å²) in [5, 5.41) is 0. The third kappa shape index (κ3) is 14.7. The van der Waals surface area contributed by atoms with Crippen molar-refractivity contribution < 1.29 is 21.5 Å². The largest absolute Gasteiger partial charge is 1.00 e. The zero-order chi connectivity index (χ0) is 12.3. The molecule has 0 saturated heterocycles. The molecule has 0 aromatic heterocycles. The molecule has 0 atom stereocenters. The van der Waals surface area contributed by atoms with Crippen molar-refractivity contribution in [3.05, 3.63) is 0 Å². The molecular weight excluding hydrogens is 296 g/mol. The van der Waals surface area contributed by atoms with Crippen LogP contribution in [0, 0.1) is 0 Å². The van der Waals surface area contributed by atoms with Crippen LogP contribution in [0.25, 0.3) is 0 Å². The van der Waals surface area contributed by atoms with Crippen molar-refractivity contribution in [2.75, 3.05) is 33.1 Å². The maximum atomic E-state index is 5.68. The first-order valence-corrected chi connectivity index (χ1v) is 7.38. The van der Waals surface area contributed by atoms with E-state index in [-0.39, 0.29) is 17.0 Å². The van der Waals surface area contributed by atoms with Gasteiger partial charge in [-0.25, -0.2) is 0 Å². The van der Waals surface area contributed by atoms with E-state index in [9.17, 15) is 0 Å². The molecular formula is C13H31BrN2S. The van der Waals surface area contributed by atoms with Gasteiger partial charge in [0.05, 0.1) is 20.6 Å². The third-order valence-corrected chi connectivity index (χ3v) is 3.48. The number of rotatable bonds is 11. The molecule has 2 N–H and O–H groups in total. The molecule has 0 amide bonds. The van der Waals surface area contributed by atoms with Crippen LogP contribution in [0.4, 0.5) is 0 Å². The molecule has 0 saturated carbocycles. The zero-order valence-corrected chi connectivity index (χ0v) is 14.1. The summed E-state index contributed by atoms with van der Waals surface area (Å²) in [6.45, 7) is 1.97. The fourth-order valence-electron chi connectivity index (χ4n) is 1.80. The van der Waals surface area contributed by atoms with E-state index in [0.717, 1.165) is 16.9 Å². The van der Waals surface area contributed by atoms with E-state index in [0.29, 0.717) is 0 Å². The van der Waals surface area contributed by atoms with Gasteiger partial charge in [0.2, 0.25) is 0 Å². The molecule has 0 rings (SSSR count). The molecule has 0 bridgehead atoms. The van der Waals surface area contributed by atoms with E-state index in [1.54, 1.807) is 0 Å². The van der Waals surface area contributed by atoms with E-state index in [4.69, 9.17) is 5.73 Å². The first-order valence-electron chi connectivity index (χ1n) is 6.75. The van der Waals surface area contributed by atoms with Crippen LogP contribution in [-0.2, 0) is 0 Å². The highest BCUT2D eigenvalue weighted by atomic mass is 79.9. The number of quaternary nitrogens is 1. The fraction of sp³-hybridized carbons (Fsp3) is 1.00. The van der Waals surface area contributed by atoms with E-state index >= 15 is 0 Å². The molecule has 0 aliphatic rings. The van der Waals surface area contributed by atoms with Crippen LogP contribution in [0.5, 0.6) is 0 Å². The summed E-state index contributed by atoms with van der Waals surface area (Å²) in [4.78, 5) is 0. The van der Waals surface area contributed by atoms with Gasteiger partial charge in [-0.15, -0.1) is 0 Å². The first kappa shape index (κ1) is 20.1. The summed E-state index contributed by atoms with van der Waals surface area (Å²) in [6, 6.07) is 0. The number of halogens is 1. The van der Waals surface area contributed by atoms with Crippen molar-refractivity contribution in [3.63, 3.8) is 0 Å². The van der Waals surface area contributed by atoms with E-state index in [1.807, 2.05) is 0 Å². The average molecular weight is 327 g/mol. The predicted octanol–water partition coefficient (Wildman–Crippen LogP) is 0.0336. The van der Waals surface area contributed by atoms with Gasteiger partial charge >= 0.3 is 0 Å². The second kappa shape index (κ2) is 13.2. The summed E-state index contributed by atoms with van der Waals surface area (Å²) >= 11 is 4.22. The zero-order valence-electron chi connectivity index (χ0n) is 11.6. The first-order chi connectivity index (χ1) is 7.62. The van der Waals surface area contributed by atoms with Crippen molar-refractivity contribution in [2.45, 2.75) is 51.4 Å². The third-order valence-electron chi connectivity index (χ3n) is 3.17. The maximum absolute atomic E-state index is 5.68. The Kier molecular flexibility index (Phi) is 15.6. The van der Waals surface area contributed by atoms with E-state index in [2.05, 4.69) is 26.7 Å². The number of hydrogen-bond donors (Lipinski definition) is 2. The quantitative estimate of drug-likeness (QED) is 0.238. The van der Waals surface area contributed by atoms with Crippen LogP contribution in [0.2, 0.25) is 0 Å². The molecule has 17 heavy (non-hydrogen) atoms. The second-order valence-electron chi connectivity index (χ2n) is 5.39. The highest BCUT2D eigenvalue weighted by molar-refractivity contribution is 7.80. The normalized spacial score (nSPS) is 11.3. The second-order valence-corrected chi connectivity index (χ2v) is 5.84. The molecule has 2 nitrogen and oxygen atoms in total. The van der Waals surface area contributed by atoms with Crippen LogP contribution < -0.4 is 22.7 Å². The van der Waals surface area contributed by atoms with Crippen LogP contribution in [0.3, 0.4) is 0 Å². The molecule has 0 fully saturated rings. The summed E-state index contributed by atoms with van der Waals surface area (Å²) in [5.74, 6) is 1.05. The number of nitrogens with two attached hydrogens (primary N) is 1. The predicted molar refractivity (Wildman–Crippen MR) is 76.8 cm³/mol. The fourth-order valence-corrected chi connectivity index (χ4v) is 2.03. The standard InChI is InChI=1S/C13H30N2S.BrH/c1-15(2,13-14)11-9-7-5-3-4-6-8-10-12-16;/h3-14H2,1-2H3;1H. The van der Waals surface area contributed by atoms with Crippen molar-refractivity contribution in [1.82, 2.24) is 0 Å². The smallest absolute Gasteiger partial charge is 0.129 e. The lowest BCUT2D eigenvalue weighted by molar-refractivity contribution is -0.890. The van der Waals surface area contributed by atoms with Gasteiger partial charge in [-0.3, -0.25) is 5.73 Å². The maximum Gasteiger partial charge on any atom is 0.129 e. The molecule has 0 radical (unpaired) electrons.